The number of imidazole rings is 1. The third-order valence-electron chi connectivity index (χ3n) is 6.97. The van der Waals surface area contributed by atoms with Crippen molar-refractivity contribution in [3.63, 3.8) is 0 Å². The summed E-state index contributed by atoms with van der Waals surface area (Å²) < 4.78 is 2.01. The first-order valence-corrected chi connectivity index (χ1v) is 11.8. The van der Waals surface area contributed by atoms with Gasteiger partial charge in [0.2, 0.25) is 5.56 Å². The van der Waals surface area contributed by atoms with Crippen LogP contribution in [0.2, 0.25) is 0 Å². The molecule has 7 nitrogen and oxygen atoms in total. The molecule has 2 saturated heterocycles. The van der Waals surface area contributed by atoms with Crippen LogP contribution in [-0.2, 0) is 0 Å². The fraction of sp³-hybridized carbons (Fsp3) is 0.308. The number of rotatable bonds is 4. The molecule has 0 radical (unpaired) electrons. The minimum Gasteiger partial charge on any atom is -0.369 e. The van der Waals surface area contributed by atoms with Crippen molar-refractivity contribution in [2.45, 2.75) is 25.3 Å². The average Bonchev–Trinajstić information content (AvgIpc) is 3.35. The number of hydrogen-bond donors (Lipinski definition) is 2. The Labute approximate surface area is 192 Å². The van der Waals surface area contributed by atoms with E-state index in [0.717, 1.165) is 41.4 Å². The Morgan fingerprint density at radius 3 is 2.79 bits per heavy atom. The van der Waals surface area contributed by atoms with E-state index in [1.807, 2.05) is 28.8 Å². The van der Waals surface area contributed by atoms with Gasteiger partial charge >= 0.3 is 0 Å². The van der Waals surface area contributed by atoms with Crippen LogP contribution in [0.4, 0.5) is 17.1 Å². The third-order valence-corrected chi connectivity index (χ3v) is 6.97. The van der Waals surface area contributed by atoms with Gasteiger partial charge in [-0.15, -0.1) is 0 Å². The molecule has 2 aliphatic heterocycles. The molecular weight excluding hydrogens is 412 g/mol. The fourth-order valence-corrected chi connectivity index (χ4v) is 5.25. The molecule has 3 aromatic heterocycles. The second-order valence-electron chi connectivity index (χ2n) is 9.00. The Bertz CT molecular complexity index is 1320. The molecule has 0 saturated carbocycles. The normalized spacial score (nSPS) is 18.9. The highest BCUT2D eigenvalue weighted by Gasteiger charge is 2.28. The van der Waals surface area contributed by atoms with Crippen molar-refractivity contribution in [3.05, 3.63) is 77.5 Å². The van der Waals surface area contributed by atoms with E-state index in [1.54, 1.807) is 18.5 Å². The van der Waals surface area contributed by atoms with Crippen molar-refractivity contribution >= 4 is 22.7 Å². The van der Waals surface area contributed by atoms with Gasteiger partial charge in [-0.2, -0.15) is 0 Å². The van der Waals surface area contributed by atoms with Crippen LogP contribution in [0.15, 0.2) is 71.9 Å². The minimum atomic E-state index is -0.118. The number of hydrogen-bond acceptors (Lipinski definition) is 5. The van der Waals surface area contributed by atoms with Gasteiger partial charge in [-0.1, -0.05) is 6.42 Å². The molecule has 4 aromatic rings. The van der Waals surface area contributed by atoms with Crippen LogP contribution in [0.5, 0.6) is 0 Å². The van der Waals surface area contributed by atoms with E-state index in [9.17, 15) is 4.79 Å². The largest absolute Gasteiger partial charge is 0.369 e. The van der Waals surface area contributed by atoms with Gasteiger partial charge in [-0.25, -0.2) is 4.98 Å². The number of fused-ring (bicyclic) bond motifs is 2. The SMILES string of the molecule is O=c1cc(-c2ccc(Nc3ccc(N4CCN5CCCCC5C4)cc3)c3nccn23)cc[nH]1. The van der Waals surface area contributed by atoms with E-state index in [4.69, 9.17) is 0 Å². The molecule has 1 unspecified atom stereocenters. The zero-order valence-corrected chi connectivity index (χ0v) is 18.6. The van der Waals surface area contributed by atoms with Crippen molar-refractivity contribution in [3.8, 4) is 11.3 Å². The summed E-state index contributed by atoms with van der Waals surface area (Å²) in [6.07, 6.45) is 9.41. The first-order valence-electron chi connectivity index (χ1n) is 11.8. The molecule has 1 atom stereocenters. The number of benzene rings is 1. The fourth-order valence-electron chi connectivity index (χ4n) is 5.25. The predicted octanol–water partition coefficient (Wildman–Crippen LogP) is 4.11. The summed E-state index contributed by atoms with van der Waals surface area (Å²) in [7, 11) is 0. The topological polar surface area (TPSA) is 68.7 Å². The molecule has 33 heavy (non-hydrogen) atoms. The number of piperazine rings is 1. The number of pyridine rings is 2. The Morgan fingerprint density at radius 1 is 1.00 bits per heavy atom. The molecule has 2 fully saturated rings. The lowest BCUT2D eigenvalue weighted by Crippen LogP contribution is -2.54. The number of anilines is 3. The number of nitrogens with one attached hydrogen (secondary N) is 2. The maximum absolute atomic E-state index is 11.8. The first-order chi connectivity index (χ1) is 16.2. The summed E-state index contributed by atoms with van der Waals surface area (Å²) in [5, 5.41) is 3.52. The zero-order valence-electron chi connectivity index (χ0n) is 18.6. The molecule has 2 N–H and O–H groups in total. The second-order valence-corrected chi connectivity index (χ2v) is 9.00. The number of nitrogens with zero attached hydrogens (tertiary/aromatic N) is 4. The summed E-state index contributed by atoms with van der Waals surface area (Å²) in [5.41, 5.74) is 5.74. The van der Waals surface area contributed by atoms with Crippen LogP contribution in [0.3, 0.4) is 0 Å². The quantitative estimate of drug-likeness (QED) is 0.500. The van der Waals surface area contributed by atoms with Gasteiger partial charge in [0.1, 0.15) is 0 Å². The second kappa shape index (κ2) is 8.41. The number of aromatic amines is 1. The van der Waals surface area contributed by atoms with E-state index in [1.165, 1.54) is 38.0 Å². The van der Waals surface area contributed by atoms with Crippen LogP contribution >= 0.6 is 0 Å². The first kappa shape index (κ1) is 20.1. The van der Waals surface area contributed by atoms with Gasteiger partial charge in [0.05, 0.1) is 11.4 Å². The van der Waals surface area contributed by atoms with Crippen molar-refractivity contribution in [2.24, 2.45) is 0 Å². The van der Waals surface area contributed by atoms with Crippen molar-refractivity contribution in [2.75, 3.05) is 36.4 Å². The molecule has 168 valence electrons. The molecule has 0 spiro atoms. The third kappa shape index (κ3) is 3.89. The maximum Gasteiger partial charge on any atom is 0.248 e. The molecule has 0 bridgehead atoms. The van der Waals surface area contributed by atoms with E-state index < -0.39 is 0 Å². The smallest absolute Gasteiger partial charge is 0.248 e. The summed E-state index contributed by atoms with van der Waals surface area (Å²) in [5.74, 6) is 0. The highest BCUT2D eigenvalue weighted by Crippen LogP contribution is 2.29. The van der Waals surface area contributed by atoms with Gasteiger partial charge in [-0.3, -0.25) is 14.1 Å². The molecule has 6 rings (SSSR count). The van der Waals surface area contributed by atoms with E-state index in [2.05, 4.69) is 49.4 Å². The van der Waals surface area contributed by atoms with Crippen molar-refractivity contribution in [1.82, 2.24) is 19.3 Å². The van der Waals surface area contributed by atoms with Crippen LogP contribution in [0.25, 0.3) is 16.9 Å². The average molecular weight is 441 g/mol. The van der Waals surface area contributed by atoms with E-state index >= 15 is 0 Å². The molecular formula is C26H28N6O. The lowest BCUT2D eigenvalue weighted by molar-refractivity contribution is 0.133. The van der Waals surface area contributed by atoms with E-state index in [0.29, 0.717) is 6.04 Å². The number of H-pyrrole nitrogens is 1. The monoisotopic (exact) mass is 440 g/mol. The molecule has 2 aliphatic rings. The maximum atomic E-state index is 11.8. The number of piperidine rings is 1. The molecule has 1 aromatic carbocycles. The summed E-state index contributed by atoms with van der Waals surface area (Å²) in [6.45, 7) is 4.67. The Balaban J connectivity index is 1.22. The van der Waals surface area contributed by atoms with Gasteiger partial charge < -0.3 is 15.2 Å². The van der Waals surface area contributed by atoms with Gasteiger partial charge in [0.15, 0.2) is 5.65 Å². The van der Waals surface area contributed by atoms with Crippen molar-refractivity contribution < 1.29 is 0 Å². The summed E-state index contributed by atoms with van der Waals surface area (Å²) in [4.78, 5) is 24.2. The lowest BCUT2D eigenvalue weighted by atomic mass is 9.99. The minimum absolute atomic E-state index is 0.118. The predicted molar refractivity (Wildman–Crippen MR) is 132 cm³/mol. The Morgan fingerprint density at radius 2 is 1.91 bits per heavy atom. The van der Waals surface area contributed by atoms with Crippen LogP contribution in [0.1, 0.15) is 19.3 Å². The van der Waals surface area contributed by atoms with Crippen LogP contribution in [-0.4, -0.2) is 51.5 Å². The molecule has 0 amide bonds. The lowest BCUT2D eigenvalue weighted by Gasteiger charge is -2.45. The highest BCUT2D eigenvalue weighted by molar-refractivity contribution is 5.78. The van der Waals surface area contributed by atoms with Crippen molar-refractivity contribution in [1.29, 1.82) is 0 Å². The summed E-state index contributed by atoms with van der Waals surface area (Å²) in [6, 6.07) is 17.0. The molecule has 7 heteroatoms. The Kier molecular flexibility index (Phi) is 5.11. The molecule has 0 aliphatic carbocycles. The summed E-state index contributed by atoms with van der Waals surface area (Å²) >= 11 is 0. The highest BCUT2D eigenvalue weighted by atomic mass is 16.1. The Hall–Kier alpha value is -3.58. The van der Waals surface area contributed by atoms with E-state index in [-0.39, 0.29) is 5.56 Å². The van der Waals surface area contributed by atoms with Crippen LogP contribution < -0.4 is 15.8 Å². The number of aromatic nitrogens is 3. The van der Waals surface area contributed by atoms with Crippen LogP contribution in [0, 0.1) is 0 Å². The zero-order chi connectivity index (χ0) is 22.2. The molecule has 5 heterocycles. The van der Waals surface area contributed by atoms with Gasteiger partial charge in [-0.05, 0) is 61.9 Å². The standard InChI is InChI=1S/C26H28N6O/c33-25-17-19(10-11-27-25)24-9-8-23(26-28-12-14-32(24)26)29-20-4-6-21(7-5-20)31-16-15-30-13-2-1-3-22(30)18-31/h4-12,14,17,22,29H,1-3,13,15-16,18H2,(H,27,33). The van der Waals surface area contributed by atoms with Gasteiger partial charge in [0.25, 0.3) is 0 Å². The van der Waals surface area contributed by atoms with Gasteiger partial charge in [0, 0.05) is 67.3 Å².